The first-order valence-electron chi connectivity index (χ1n) is 8.44. The summed E-state index contributed by atoms with van der Waals surface area (Å²) in [6.45, 7) is 3.50. The Kier molecular flexibility index (Phi) is 7.20. The van der Waals surface area contributed by atoms with Gasteiger partial charge in [-0.15, -0.1) is 0 Å². The fraction of sp³-hybridized carbons (Fsp3) is 0.611. The van der Waals surface area contributed by atoms with Gasteiger partial charge in [-0.3, -0.25) is 4.79 Å². The second kappa shape index (κ2) is 9.40. The van der Waals surface area contributed by atoms with Gasteiger partial charge in [-0.2, -0.15) is 0 Å². The Labute approximate surface area is 138 Å². The predicted molar refractivity (Wildman–Crippen MR) is 91.9 cm³/mol. The summed E-state index contributed by atoms with van der Waals surface area (Å²) >= 11 is 0. The second-order valence-corrected chi connectivity index (χ2v) is 6.13. The van der Waals surface area contributed by atoms with E-state index in [9.17, 15) is 4.79 Å². The highest BCUT2D eigenvalue weighted by Gasteiger charge is 2.22. The highest BCUT2D eigenvalue weighted by atomic mass is 16.5. The Morgan fingerprint density at radius 1 is 1.22 bits per heavy atom. The lowest BCUT2D eigenvalue weighted by Gasteiger charge is -2.29. The molecule has 1 aliphatic rings. The van der Waals surface area contributed by atoms with E-state index < -0.39 is 0 Å². The Morgan fingerprint density at radius 3 is 2.78 bits per heavy atom. The summed E-state index contributed by atoms with van der Waals surface area (Å²) in [5, 5.41) is 6.31. The zero-order valence-corrected chi connectivity index (χ0v) is 14.1. The van der Waals surface area contributed by atoms with E-state index in [0.29, 0.717) is 25.2 Å². The van der Waals surface area contributed by atoms with Gasteiger partial charge in [0.1, 0.15) is 12.4 Å². The number of carbonyl (C=O) groups is 1. The first-order valence-corrected chi connectivity index (χ1v) is 8.44. The maximum atomic E-state index is 12.2. The third-order valence-corrected chi connectivity index (χ3v) is 4.33. The maximum absolute atomic E-state index is 12.2. The first-order chi connectivity index (χ1) is 11.2. The quantitative estimate of drug-likeness (QED) is 0.723. The molecular formula is C18H28N2O3. The van der Waals surface area contributed by atoms with Crippen LogP contribution in [0, 0.1) is 5.92 Å². The average molecular weight is 320 g/mol. The van der Waals surface area contributed by atoms with E-state index in [1.165, 1.54) is 19.3 Å². The molecule has 1 aromatic rings. The molecule has 1 aromatic carbocycles. The summed E-state index contributed by atoms with van der Waals surface area (Å²) in [7, 11) is 1.64. The van der Waals surface area contributed by atoms with Gasteiger partial charge in [0, 0.05) is 13.2 Å². The zero-order valence-electron chi connectivity index (χ0n) is 14.1. The molecule has 2 N–H and O–H groups in total. The molecule has 1 amide bonds. The number of hydrogen-bond acceptors (Lipinski definition) is 4. The molecule has 0 saturated heterocycles. The number of hydrogen-bond donors (Lipinski definition) is 2. The van der Waals surface area contributed by atoms with E-state index in [0.717, 1.165) is 17.9 Å². The van der Waals surface area contributed by atoms with Crippen LogP contribution >= 0.6 is 0 Å². The molecule has 23 heavy (non-hydrogen) atoms. The molecule has 1 fully saturated rings. The van der Waals surface area contributed by atoms with Crippen molar-refractivity contribution in [2.24, 2.45) is 5.92 Å². The molecule has 2 rings (SSSR count). The molecule has 0 radical (unpaired) electrons. The number of rotatable bonds is 8. The van der Waals surface area contributed by atoms with Crippen molar-refractivity contribution in [1.82, 2.24) is 5.32 Å². The average Bonchev–Trinajstić information content (AvgIpc) is 2.56. The summed E-state index contributed by atoms with van der Waals surface area (Å²) in [5.41, 5.74) is 0.829. The Morgan fingerprint density at radius 2 is 2.00 bits per heavy atom. The molecule has 0 spiro atoms. The zero-order chi connectivity index (χ0) is 16.5. The van der Waals surface area contributed by atoms with Crippen molar-refractivity contribution in [3.8, 4) is 5.75 Å². The smallest absolute Gasteiger partial charge is 0.239 e. The number of carbonyl (C=O) groups excluding carboxylic acids is 1. The van der Waals surface area contributed by atoms with E-state index in [1.807, 2.05) is 24.3 Å². The third kappa shape index (κ3) is 5.75. The molecule has 128 valence electrons. The van der Waals surface area contributed by atoms with Gasteiger partial charge in [0.05, 0.1) is 18.8 Å². The van der Waals surface area contributed by atoms with Gasteiger partial charge in [0.2, 0.25) is 5.91 Å². The lowest BCUT2D eigenvalue weighted by molar-refractivity contribution is -0.120. The standard InChI is InChI=1S/C18H28N2O3/c1-14-7-3-4-8-15(14)20-18(21)13-19-16-9-5-6-10-17(16)23-12-11-22-2/h5-6,9-10,14-15,19H,3-4,7-8,11-13H2,1-2H3,(H,20,21)/t14-,15+/m0/s1. The van der Waals surface area contributed by atoms with Crippen molar-refractivity contribution >= 4 is 11.6 Å². The van der Waals surface area contributed by atoms with Gasteiger partial charge in [-0.1, -0.05) is 31.9 Å². The molecule has 5 heteroatoms. The molecule has 0 unspecified atom stereocenters. The first kappa shape index (κ1) is 17.6. The predicted octanol–water partition coefficient (Wildman–Crippen LogP) is 2.82. The van der Waals surface area contributed by atoms with Crippen LogP contribution in [0.1, 0.15) is 32.6 Å². The van der Waals surface area contributed by atoms with Crippen LogP contribution in [0.4, 0.5) is 5.69 Å². The Balaban J connectivity index is 1.81. The molecule has 0 aromatic heterocycles. The van der Waals surface area contributed by atoms with Gasteiger partial charge in [0.25, 0.3) is 0 Å². The minimum Gasteiger partial charge on any atom is -0.489 e. The van der Waals surface area contributed by atoms with Gasteiger partial charge >= 0.3 is 0 Å². The number of anilines is 1. The number of methoxy groups -OCH3 is 1. The van der Waals surface area contributed by atoms with Gasteiger partial charge < -0.3 is 20.1 Å². The molecule has 0 aliphatic heterocycles. The number of amides is 1. The molecule has 0 bridgehead atoms. The van der Waals surface area contributed by atoms with E-state index in [2.05, 4.69) is 17.6 Å². The van der Waals surface area contributed by atoms with Gasteiger partial charge in [-0.05, 0) is 30.9 Å². The summed E-state index contributed by atoms with van der Waals surface area (Å²) in [6.07, 6.45) is 4.77. The second-order valence-electron chi connectivity index (χ2n) is 6.13. The Hall–Kier alpha value is -1.75. The lowest BCUT2D eigenvalue weighted by atomic mass is 9.86. The highest BCUT2D eigenvalue weighted by molar-refractivity contribution is 5.81. The third-order valence-electron chi connectivity index (χ3n) is 4.33. The number of nitrogens with one attached hydrogen (secondary N) is 2. The SMILES string of the molecule is COCCOc1ccccc1NCC(=O)N[C@@H]1CCCC[C@@H]1C. The topological polar surface area (TPSA) is 59.6 Å². The van der Waals surface area contributed by atoms with Crippen LogP contribution in [-0.2, 0) is 9.53 Å². The van der Waals surface area contributed by atoms with Gasteiger partial charge in [0.15, 0.2) is 0 Å². The van der Waals surface area contributed by atoms with Crippen LogP contribution < -0.4 is 15.4 Å². The molecule has 2 atom stereocenters. The normalized spacial score (nSPS) is 20.8. The minimum absolute atomic E-state index is 0.0374. The summed E-state index contributed by atoms with van der Waals surface area (Å²) < 4.78 is 10.6. The van der Waals surface area contributed by atoms with Crippen molar-refractivity contribution in [2.45, 2.75) is 38.6 Å². The van der Waals surface area contributed by atoms with Crippen LogP contribution in [0.2, 0.25) is 0 Å². The van der Waals surface area contributed by atoms with E-state index in [-0.39, 0.29) is 12.5 Å². The van der Waals surface area contributed by atoms with Crippen LogP contribution in [0.25, 0.3) is 0 Å². The fourth-order valence-corrected chi connectivity index (χ4v) is 2.94. The molecule has 0 heterocycles. The fourth-order valence-electron chi connectivity index (χ4n) is 2.94. The van der Waals surface area contributed by atoms with Crippen molar-refractivity contribution in [2.75, 3.05) is 32.2 Å². The molecule has 1 saturated carbocycles. The minimum atomic E-state index is 0.0374. The van der Waals surface area contributed by atoms with Crippen molar-refractivity contribution in [3.05, 3.63) is 24.3 Å². The maximum Gasteiger partial charge on any atom is 0.239 e. The number of para-hydroxylation sites is 2. The van der Waals surface area contributed by atoms with Crippen LogP contribution in [0.15, 0.2) is 24.3 Å². The molecule has 5 nitrogen and oxygen atoms in total. The highest BCUT2D eigenvalue weighted by Crippen LogP contribution is 2.24. The van der Waals surface area contributed by atoms with Crippen LogP contribution in [-0.4, -0.2) is 38.8 Å². The van der Waals surface area contributed by atoms with Crippen LogP contribution in [0.3, 0.4) is 0 Å². The lowest BCUT2D eigenvalue weighted by Crippen LogP contribution is -2.43. The summed E-state index contributed by atoms with van der Waals surface area (Å²) in [6, 6.07) is 7.95. The monoisotopic (exact) mass is 320 g/mol. The largest absolute Gasteiger partial charge is 0.489 e. The summed E-state index contributed by atoms with van der Waals surface area (Å²) in [5.74, 6) is 1.34. The van der Waals surface area contributed by atoms with Crippen molar-refractivity contribution in [1.29, 1.82) is 0 Å². The van der Waals surface area contributed by atoms with Crippen molar-refractivity contribution < 1.29 is 14.3 Å². The Bertz CT molecular complexity index is 493. The number of ether oxygens (including phenoxy) is 2. The van der Waals surface area contributed by atoms with Crippen LogP contribution in [0.5, 0.6) is 5.75 Å². The van der Waals surface area contributed by atoms with E-state index >= 15 is 0 Å². The van der Waals surface area contributed by atoms with E-state index in [1.54, 1.807) is 7.11 Å². The van der Waals surface area contributed by atoms with Gasteiger partial charge in [-0.25, -0.2) is 0 Å². The number of benzene rings is 1. The molecule has 1 aliphatic carbocycles. The van der Waals surface area contributed by atoms with E-state index in [4.69, 9.17) is 9.47 Å². The summed E-state index contributed by atoms with van der Waals surface area (Å²) in [4.78, 5) is 12.2. The van der Waals surface area contributed by atoms with Crippen molar-refractivity contribution in [3.63, 3.8) is 0 Å². The molecular weight excluding hydrogens is 292 g/mol.